The van der Waals surface area contributed by atoms with Gasteiger partial charge in [0.1, 0.15) is 0 Å². The molecule has 1 aliphatic rings. The van der Waals surface area contributed by atoms with Crippen molar-refractivity contribution in [2.45, 2.75) is 25.3 Å². The van der Waals surface area contributed by atoms with Crippen molar-refractivity contribution < 1.29 is 9.59 Å². The van der Waals surface area contributed by atoms with Gasteiger partial charge in [0.2, 0.25) is 5.91 Å². The van der Waals surface area contributed by atoms with Crippen LogP contribution in [0.2, 0.25) is 0 Å². The van der Waals surface area contributed by atoms with E-state index in [-0.39, 0.29) is 17.9 Å². The minimum Gasteiger partial charge on any atom is -0.349 e. The molecule has 1 fully saturated rings. The van der Waals surface area contributed by atoms with E-state index in [2.05, 4.69) is 5.32 Å². The van der Waals surface area contributed by atoms with Crippen LogP contribution in [0, 0.1) is 0 Å². The summed E-state index contributed by atoms with van der Waals surface area (Å²) in [5.41, 5.74) is 0.674. The second kappa shape index (κ2) is 7.29. The van der Waals surface area contributed by atoms with Crippen LogP contribution >= 0.6 is 11.6 Å². The minimum atomic E-state index is -0.0452. The standard InChI is InChI=1S/C15H19ClN2O2/c16-9-6-14(19)18-10-7-13(8-11-18)17-15(20)12-4-2-1-3-5-12/h1-5,13H,6-11H2,(H,17,20). The Bertz CT molecular complexity index is 456. The van der Waals surface area contributed by atoms with E-state index in [0.29, 0.717) is 31.0 Å². The first-order valence-corrected chi connectivity index (χ1v) is 7.44. The van der Waals surface area contributed by atoms with Gasteiger partial charge in [0.15, 0.2) is 0 Å². The number of rotatable bonds is 4. The number of likely N-dealkylation sites (tertiary alicyclic amines) is 1. The van der Waals surface area contributed by atoms with E-state index >= 15 is 0 Å². The zero-order valence-corrected chi connectivity index (χ0v) is 12.1. The molecule has 5 heteroatoms. The number of nitrogens with one attached hydrogen (secondary N) is 1. The molecule has 0 aromatic heterocycles. The number of carbonyl (C=O) groups excluding carboxylic acids is 2. The zero-order valence-electron chi connectivity index (χ0n) is 11.3. The molecule has 1 aromatic rings. The lowest BCUT2D eigenvalue weighted by molar-refractivity contribution is -0.131. The van der Waals surface area contributed by atoms with Crippen molar-refractivity contribution in [1.82, 2.24) is 10.2 Å². The number of piperidine rings is 1. The van der Waals surface area contributed by atoms with Crippen molar-refractivity contribution in [2.75, 3.05) is 19.0 Å². The van der Waals surface area contributed by atoms with Crippen LogP contribution in [-0.2, 0) is 4.79 Å². The summed E-state index contributed by atoms with van der Waals surface area (Å²) in [6.45, 7) is 1.38. The largest absolute Gasteiger partial charge is 0.349 e. The molecule has 1 aliphatic heterocycles. The number of carbonyl (C=O) groups is 2. The molecule has 1 heterocycles. The fourth-order valence-electron chi connectivity index (χ4n) is 2.37. The van der Waals surface area contributed by atoms with E-state index in [1.807, 2.05) is 23.1 Å². The third-order valence-electron chi connectivity index (χ3n) is 3.53. The van der Waals surface area contributed by atoms with E-state index in [4.69, 9.17) is 11.6 Å². The molecule has 0 radical (unpaired) electrons. The summed E-state index contributed by atoms with van der Waals surface area (Å²) in [4.78, 5) is 25.6. The number of nitrogens with zero attached hydrogens (tertiary/aromatic N) is 1. The smallest absolute Gasteiger partial charge is 0.251 e. The lowest BCUT2D eigenvalue weighted by Crippen LogP contribution is -2.46. The maximum absolute atomic E-state index is 12.0. The Morgan fingerprint density at radius 1 is 1.20 bits per heavy atom. The summed E-state index contributed by atoms with van der Waals surface area (Å²) in [5.74, 6) is 0.424. The molecule has 4 nitrogen and oxygen atoms in total. The number of amides is 2. The molecule has 0 bridgehead atoms. The van der Waals surface area contributed by atoms with E-state index in [1.165, 1.54) is 0 Å². The Hall–Kier alpha value is -1.55. The average molecular weight is 295 g/mol. The fraction of sp³-hybridized carbons (Fsp3) is 0.467. The molecule has 2 amide bonds. The molecular formula is C15H19ClN2O2. The van der Waals surface area contributed by atoms with Crippen molar-refractivity contribution in [3.05, 3.63) is 35.9 Å². The predicted octanol–water partition coefficient (Wildman–Crippen LogP) is 2.04. The van der Waals surface area contributed by atoms with Crippen molar-refractivity contribution in [1.29, 1.82) is 0 Å². The number of hydrogen-bond donors (Lipinski definition) is 1. The van der Waals surface area contributed by atoms with Gasteiger partial charge in [-0.2, -0.15) is 0 Å². The highest BCUT2D eigenvalue weighted by molar-refractivity contribution is 6.18. The molecular weight excluding hydrogens is 276 g/mol. The monoisotopic (exact) mass is 294 g/mol. The van der Waals surface area contributed by atoms with Crippen LogP contribution in [0.1, 0.15) is 29.6 Å². The third kappa shape index (κ3) is 3.97. The molecule has 0 aliphatic carbocycles. The first kappa shape index (κ1) is 14.9. The second-order valence-electron chi connectivity index (χ2n) is 4.93. The summed E-state index contributed by atoms with van der Waals surface area (Å²) < 4.78 is 0. The Morgan fingerprint density at radius 3 is 2.45 bits per heavy atom. The van der Waals surface area contributed by atoms with E-state index < -0.39 is 0 Å². The summed E-state index contributed by atoms with van der Waals surface area (Å²) >= 11 is 5.58. The van der Waals surface area contributed by atoms with Gasteiger partial charge in [-0.05, 0) is 25.0 Å². The number of benzene rings is 1. The Balaban J connectivity index is 1.80. The van der Waals surface area contributed by atoms with E-state index in [9.17, 15) is 9.59 Å². The van der Waals surface area contributed by atoms with Crippen molar-refractivity contribution >= 4 is 23.4 Å². The van der Waals surface area contributed by atoms with Gasteiger partial charge >= 0.3 is 0 Å². The van der Waals surface area contributed by atoms with Gasteiger partial charge in [-0.1, -0.05) is 18.2 Å². The Labute approximate surface area is 124 Å². The van der Waals surface area contributed by atoms with Gasteiger partial charge in [0.25, 0.3) is 5.91 Å². The molecule has 1 N–H and O–H groups in total. The quantitative estimate of drug-likeness (QED) is 0.864. The molecule has 2 rings (SSSR count). The van der Waals surface area contributed by atoms with Gasteiger partial charge in [-0.15, -0.1) is 11.6 Å². The maximum atomic E-state index is 12.0. The minimum absolute atomic E-state index is 0.0452. The topological polar surface area (TPSA) is 49.4 Å². The Morgan fingerprint density at radius 2 is 1.85 bits per heavy atom. The SMILES string of the molecule is O=C(NC1CCN(C(=O)CCCl)CC1)c1ccccc1. The highest BCUT2D eigenvalue weighted by Crippen LogP contribution is 2.12. The molecule has 108 valence electrons. The molecule has 20 heavy (non-hydrogen) atoms. The summed E-state index contributed by atoms with van der Waals surface area (Å²) in [5, 5.41) is 3.02. The van der Waals surface area contributed by atoms with Crippen molar-refractivity contribution in [3.63, 3.8) is 0 Å². The first-order valence-electron chi connectivity index (χ1n) is 6.90. The third-order valence-corrected chi connectivity index (χ3v) is 3.72. The summed E-state index contributed by atoms with van der Waals surface area (Å²) in [6, 6.07) is 9.33. The van der Waals surface area contributed by atoms with Crippen LogP contribution in [0.25, 0.3) is 0 Å². The maximum Gasteiger partial charge on any atom is 0.251 e. The second-order valence-corrected chi connectivity index (χ2v) is 5.31. The summed E-state index contributed by atoms with van der Waals surface area (Å²) in [7, 11) is 0. The lowest BCUT2D eigenvalue weighted by Gasteiger charge is -2.32. The van der Waals surface area contributed by atoms with Gasteiger partial charge in [-0.25, -0.2) is 0 Å². The van der Waals surface area contributed by atoms with Crippen molar-refractivity contribution in [2.24, 2.45) is 0 Å². The Kier molecular flexibility index (Phi) is 5.41. The van der Waals surface area contributed by atoms with Gasteiger partial charge < -0.3 is 10.2 Å². The average Bonchev–Trinajstić information content (AvgIpc) is 2.49. The highest BCUT2D eigenvalue weighted by Gasteiger charge is 2.23. The number of alkyl halides is 1. The van der Waals surface area contributed by atoms with E-state index in [0.717, 1.165) is 12.8 Å². The number of hydrogen-bond acceptors (Lipinski definition) is 2. The number of halogens is 1. The predicted molar refractivity (Wildman–Crippen MR) is 78.8 cm³/mol. The van der Waals surface area contributed by atoms with Gasteiger partial charge in [-0.3, -0.25) is 9.59 Å². The molecule has 0 saturated carbocycles. The van der Waals surface area contributed by atoms with Crippen molar-refractivity contribution in [3.8, 4) is 0 Å². The van der Waals surface area contributed by atoms with Crippen LogP contribution in [0.5, 0.6) is 0 Å². The zero-order chi connectivity index (χ0) is 14.4. The molecule has 0 unspecified atom stereocenters. The molecule has 1 saturated heterocycles. The van der Waals surface area contributed by atoms with Gasteiger partial charge in [0.05, 0.1) is 0 Å². The summed E-state index contributed by atoms with van der Waals surface area (Å²) in [6.07, 6.45) is 1.99. The van der Waals surface area contributed by atoms with Crippen LogP contribution in [0.15, 0.2) is 30.3 Å². The van der Waals surface area contributed by atoms with Crippen LogP contribution < -0.4 is 5.32 Å². The van der Waals surface area contributed by atoms with Gasteiger partial charge in [0, 0.05) is 37.0 Å². The lowest BCUT2D eigenvalue weighted by atomic mass is 10.0. The molecule has 1 aromatic carbocycles. The normalized spacial score (nSPS) is 15.9. The molecule has 0 atom stereocenters. The molecule has 0 spiro atoms. The van der Waals surface area contributed by atoms with Crippen LogP contribution in [0.3, 0.4) is 0 Å². The van der Waals surface area contributed by atoms with Crippen LogP contribution in [0.4, 0.5) is 0 Å². The van der Waals surface area contributed by atoms with E-state index in [1.54, 1.807) is 12.1 Å². The highest BCUT2D eigenvalue weighted by atomic mass is 35.5. The van der Waals surface area contributed by atoms with Crippen LogP contribution in [-0.4, -0.2) is 41.7 Å². The fourth-order valence-corrected chi connectivity index (χ4v) is 2.53. The first-order chi connectivity index (χ1) is 9.70.